The highest BCUT2D eigenvalue weighted by molar-refractivity contribution is 5.39. The van der Waals surface area contributed by atoms with Gasteiger partial charge in [-0.1, -0.05) is 13.3 Å². The molecular formula is C15H23N3O. The van der Waals surface area contributed by atoms with Crippen LogP contribution in [0.25, 0.3) is 0 Å². The Morgan fingerprint density at radius 2 is 2.26 bits per heavy atom. The second-order valence-corrected chi connectivity index (χ2v) is 6.14. The molecule has 1 saturated heterocycles. The van der Waals surface area contributed by atoms with E-state index in [0.29, 0.717) is 11.8 Å². The Kier molecular flexibility index (Phi) is 3.21. The second-order valence-electron chi connectivity index (χ2n) is 6.14. The number of fused-ring (bicyclic) bond motifs is 1. The van der Waals surface area contributed by atoms with Crippen LogP contribution in [0, 0.1) is 18.8 Å². The summed E-state index contributed by atoms with van der Waals surface area (Å²) < 4.78 is 0. The molecule has 0 spiro atoms. The van der Waals surface area contributed by atoms with Crippen molar-refractivity contribution in [1.29, 1.82) is 0 Å². The molecule has 1 aliphatic heterocycles. The summed E-state index contributed by atoms with van der Waals surface area (Å²) in [6.45, 7) is 6.03. The third-order valence-corrected chi connectivity index (χ3v) is 4.99. The van der Waals surface area contributed by atoms with E-state index in [4.69, 9.17) is 0 Å². The van der Waals surface area contributed by atoms with E-state index in [2.05, 4.69) is 21.8 Å². The molecule has 104 valence electrons. The molecule has 3 atom stereocenters. The number of aryl methyl sites for hydroxylation is 1. The van der Waals surface area contributed by atoms with Gasteiger partial charge in [-0.15, -0.1) is 0 Å². The van der Waals surface area contributed by atoms with Gasteiger partial charge in [0.25, 0.3) is 0 Å². The Morgan fingerprint density at radius 1 is 1.42 bits per heavy atom. The van der Waals surface area contributed by atoms with Gasteiger partial charge in [-0.3, -0.25) is 4.98 Å². The Morgan fingerprint density at radius 3 is 3.00 bits per heavy atom. The van der Waals surface area contributed by atoms with Gasteiger partial charge < -0.3 is 10.0 Å². The van der Waals surface area contributed by atoms with E-state index in [1.54, 1.807) is 6.20 Å². The molecule has 0 amide bonds. The minimum atomic E-state index is -0.463. The first-order chi connectivity index (χ1) is 9.12. The lowest BCUT2D eigenvalue weighted by Gasteiger charge is -2.40. The van der Waals surface area contributed by atoms with Crippen LogP contribution in [0.15, 0.2) is 12.4 Å². The molecule has 3 rings (SSSR count). The van der Waals surface area contributed by atoms with Gasteiger partial charge in [-0.05, 0) is 32.1 Å². The van der Waals surface area contributed by atoms with Crippen molar-refractivity contribution < 1.29 is 5.11 Å². The van der Waals surface area contributed by atoms with Crippen LogP contribution >= 0.6 is 0 Å². The van der Waals surface area contributed by atoms with Gasteiger partial charge in [0.2, 0.25) is 0 Å². The second kappa shape index (κ2) is 4.75. The van der Waals surface area contributed by atoms with Gasteiger partial charge >= 0.3 is 0 Å². The summed E-state index contributed by atoms with van der Waals surface area (Å²) >= 11 is 0. The average molecular weight is 261 g/mol. The van der Waals surface area contributed by atoms with E-state index >= 15 is 0 Å². The fourth-order valence-corrected chi connectivity index (χ4v) is 3.86. The summed E-state index contributed by atoms with van der Waals surface area (Å²) in [7, 11) is 0. The Bertz CT molecular complexity index is 464. The number of anilines is 1. The first-order valence-corrected chi connectivity index (χ1v) is 7.38. The molecule has 0 unspecified atom stereocenters. The first-order valence-electron chi connectivity index (χ1n) is 7.38. The first kappa shape index (κ1) is 12.9. The summed E-state index contributed by atoms with van der Waals surface area (Å²) in [6, 6.07) is 0. The molecule has 2 aliphatic rings. The molecule has 4 nitrogen and oxygen atoms in total. The average Bonchev–Trinajstić information content (AvgIpc) is 2.85. The Hall–Kier alpha value is -1.16. The zero-order chi connectivity index (χ0) is 13.5. The van der Waals surface area contributed by atoms with Crippen molar-refractivity contribution in [3.8, 4) is 0 Å². The van der Waals surface area contributed by atoms with Crippen LogP contribution in [0.5, 0.6) is 0 Å². The number of hydrogen-bond donors (Lipinski definition) is 1. The van der Waals surface area contributed by atoms with Gasteiger partial charge in [0.15, 0.2) is 0 Å². The van der Waals surface area contributed by atoms with Crippen molar-refractivity contribution in [2.45, 2.75) is 45.1 Å². The minimum Gasteiger partial charge on any atom is -0.390 e. The molecule has 1 saturated carbocycles. The van der Waals surface area contributed by atoms with Crippen LogP contribution in [-0.4, -0.2) is 33.8 Å². The molecule has 1 aromatic heterocycles. The predicted octanol–water partition coefficient (Wildman–Crippen LogP) is 2.16. The lowest BCUT2D eigenvalue weighted by atomic mass is 9.69. The lowest BCUT2D eigenvalue weighted by Crippen LogP contribution is -2.44. The van der Waals surface area contributed by atoms with Crippen LogP contribution in [0.1, 0.15) is 38.3 Å². The van der Waals surface area contributed by atoms with Crippen LogP contribution in [0.4, 0.5) is 5.82 Å². The predicted molar refractivity (Wildman–Crippen MR) is 75.1 cm³/mol. The highest BCUT2D eigenvalue weighted by atomic mass is 16.3. The van der Waals surface area contributed by atoms with Gasteiger partial charge in [0.1, 0.15) is 5.82 Å². The zero-order valence-corrected chi connectivity index (χ0v) is 11.8. The van der Waals surface area contributed by atoms with Crippen LogP contribution in [0.3, 0.4) is 0 Å². The molecule has 0 bridgehead atoms. The molecular weight excluding hydrogens is 238 g/mol. The van der Waals surface area contributed by atoms with Gasteiger partial charge in [0.05, 0.1) is 17.5 Å². The molecule has 19 heavy (non-hydrogen) atoms. The number of rotatable bonds is 2. The van der Waals surface area contributed by atoms with Crippen molar-refractivity contribution in [3.05, 3.63) is 18.1 Å². The minimum absolute atomic E-state index is 0.397. The van der Waals surface area contributed by atoms with Crippen LogP contribution < -0.4 is 4.90 Å². The summed E-state index contributed by atoms with van der Waals surface area (Å²) in [4.78, 5) is 11.1. The standard InChI is InChI=1S/C15H23N3O/c1-3-15(19)6-4-5-12-9-18(10-13(12)15)14-8-16-7-11(2)17-14/h7-8,12-13,19H,3-6,9-10H2,1-2H3/t12-,13+,15-/m1/s1. The van der Waals surface area contributed by atoms with E-state index in [1.807, 2.05) is 13.1 Å². The van der Waals surface area contributed by atoms with E-state index in [1.165, 1.54) is 6.42 Å². The summed E-state index contributed by atoms with van der Waals surface area (Å²) in [6.07, 6.45) is 7.84. The maximum absolute atomic E-state index is 10.8. The van der Waals surface area contributed by atoms with Gasteiger partial charge in [-0.25, -0.2) is 4.98 Å². The summed E-state index contributed by atoms with van der Waals surface area (Å²) in [5, 5.41) is 10.8. The normalized spacial score (nSPS) is 34.4. The number of hydrogen-bond acceptors (Lipinski definition) is 4. The van der Waals surface area contributed by atoms with E-state index < -0.39 is 5.60 Å². The fraction of sp³-hybridized carbons (Fsp3) is 0.733. The molecule has 4 heteroatoms. The topological polar surface area (TPSA) is 49.2 Å². The smallest absolute Gasteiger partial charge is 0.147 e. The van der Waals surface area contributed by atoms with E-state index in [-0.39, 0.29) is 0 Å². The molecule has 1 aromatic rings. The quantitative estimate of drug-likeness (QED) is 0.886. The monoisotopic (exact) mass is 261 g/mol. The summed E-state index contributed by atoms with van der Waals surface area (Å²) in [5.74, 6) is 1.97. The van der Waals surface area contributed by atoms with Gasteiger partial charge in [0, 0.05) is 25.2 Å². The molecule has 1 aliphatic carbocycles. The van der Waals surface area contributed by atoms with E-state index in [0.717, 1.165) is 43.9 Å². The van der Waals surface area contributed by atoms with Crippen molar-refractivity contribution in [2.75, 3.05) is 18.0 Å². The lowest BCUT2D eigenvalue weighted by molar-refractivity contribution is -0.0597. The van der Waals surface area contributed by atoms with Crippen molar-refractivity contribution in [3.63, 3.8) is 0 Å². The largest absolute Gasteiger partial charge is 0.390 e. The number of aromatic nitrogens is 2. The van der Waals surface area contributed by atoms with Crippen molar-refractivity contribution in [1.82, 2.24) is 9.97 Å². The fourth-order valence-electron chi connectivity index (χ4n) is 3.86. The Labute approximate surface area is 114 Å². The molecule has 2 heterocycles. The number of nitrogens with zero attached hydrogens (tertiary/aromatic N) is 3. The van der Waals surface area contributed by atoms with Gasteiger partial charge in [-0.2, -0.15) is 0 Å². The van der Waals surface area contributed by atoms with Crippen LogP contribution in [-0.2, 0) is 0 Å². The molecule has 2 fully saturated rings. The van der Waals surface area contributed by atoms with Crippen molar-refractivity contribution >= 4 is 5.82 Å². The summed E-state index contributed by atoms with van der Waals surface area (Å²) in [5.41, 5.74) is 0.493. The molecule has 0 radical (unpaired) electrons. The highest BCUT2D eigenvalue weighted by Crippen LogP contribution is 2.44. The van der Waals surface area contributed by atoms with Crippen molar-refractivity contribution in [2.24, 2.45) is 11.8 Å². The highest BCUT2D eigenvalue weighted by Gasteiger charge is 2.47. The SMILES string of the molecule is CC[C@@]1(O)CCC[C@@H]2CN(c3cncc(C)n3)C[C@@H]21. The third kappa shape index (κ3) is 2.22. The third-order valence-electron chi connectivity index (χ3n) is 4.99. The molecule has 1 N–H and O–H groups in total. The zero-order valence-electron chi connectivity index (χ0n) is 11.8. The maximum atomic E-state index is 10.8. The number of aliphatic hydroxyl groups is 1. The van der Waals surface area contributed by atoms with E-state index in [9.17, 15) is 5.11 Å². The Balaban J connectivity index is 1.82. The maximum Gasteiger partial charge on any atom is 0.147 e. The molecule has 0 aromatic carbocycles. The van der Waals surface area contributed by atoms with Crippen LogP contribution in [0.2, 0.25) is 0 Å².